The van der Waals surface area contributed by atoms with Crippen molar-refractivity contribution in [2.75, 3.05) is 0 Å². The zero-order valence-electron chi connectivity index (χ0n) is 21.6. The first-order chi connectivity index (χ1) is 14.5. The highest BCUT2D eigenvalue weighted by molar-refractivity contribution is 5.49. The van der Waals surface area contributed by atoms with Gasteiger partial charge in [0.2, 0.25) is 0 Å². The Bertz CT molecular complexity index is 512. The van der Waals surface area contributed by atoms with Crippen LogP contribution in [0.3, 0.4) is 0 Å². The molecule has 1 heteroatoms. The number of fused-ring (bicyclic) bond motifs is 5. The summed E-state index contributed by atoms with van der Waals surface area (Å²) in [6, 6.07) is 0. The number of hydrogen-bond donors (Lipinski definition) is 0. The number of carbonyl (C=O) groups is 1. The molecule has 1 nitrogen and oxygen atoms in total. The first-order valence-electron chi connectivity index (χ1n) is 13.9. The molecule has 4 rings (SSSR count). The van der Waals surface area contributed by atoms with Crippen molar-refractivity contribution >= 4 is 6.29 Å². The largest absolute Gasteiger partial charge is 0.303 e. The summed E-state index contributed by atoms with van der Waals surface area (Å²) in [4.78, 5) is 10.9. The molecule has 0 spiro atoms. The van der Waals surface area contributed by atoms with E-state index in [1.807, 2.05) is 27.7 Å². The topological polar surface area (TPSA) is 17.1 Å². The third-order valence-corrected chi connectivity index (χ3v) is 10.3. The van der Waals surface area contributed by atoms with Crippen molar-refractivity contribution in [3.63, 3.8) is 0 Å². The lowest BCUT2D eigenvalue weighted by atomic mass is 9.41. The Morgan fingerprint density at radius 1 is 0.800 bits per heavy atom. The van der Waals surface area contributed by atoms with Crippen LogP contribution in [0, 0.1) is 46.3 Å². The normalized spacial score (nSPS) is 43.2. The molecular weight excluding hydrogens is 364 g/mol. The first kappa shape index (κ1) is 25.9. The van der Waals surface area contributed by atoms with Gasteiger partial charge in [-0.1, -0.05) is 67.7 Å². The van der Waals surface area contributed by atoms with Gasteiger partial charge >= 0.3 is 0 Å². The molecule has 0 saturated heterocycles. The molecule has 30 heavy (non-hydrogen) atoms. The minimum atomic E-state index is 0.555. The van der Waals surface area contributed by atoms with Crippen molar-refractivity contribution in [2.45, 2.75) is 132 Å². The molecule has 176 valence electrons. The monoisotopic (exact) mass is 418 g/mol. The lowest BCUT2D eigenvalue weighted by Crippen LogP contribution is -2.56. The Morgan fingerprint density at radius 2 is 1.50 bits per heavy atom. The van der Waals surface area contributed by atoms with Gasteiger partial charge in [0, 0.05) is 6.42 Å². The second kappa shape index (κ2) is 11.5. The summed E-state index contributed by atoms with van der Waals surface area (Å²) in [5.74, 6) is 5.62. The van der Waals surface area contributed by atoms with Crippen LogP contribution in [0.15, 0.2) is 0 Å². The van der Waals surface area contributed by atoms with Gasteiger partial charge in [-0.25, -0.2) is 0 Å². The summed E-state index contributed by atoms with van der Waals surface area (Å²) in [7, 11) is 0. The van der Waals surface area contributed by atoms with Gasteiger partial charge in [0.05, 0.1) is 0 Å². The molecule has 0 heterocycles. The lowest BCUT2D eigenvalue weighted by Gasteiger charge is -2.64. The van der Waals surface area contributed by atoms with E-state index in [0.29, 0.717) is 10.8 Å². The third-order valence-electron chi connectivity index (χ3n) is 10.3. The van der Waals surface area contributed by atoms with Gasteiger partial charge in [-0.3, -0.25) is 0 Å². The Labute approximate surface area is 189 Å². The van der Waals surface area contributed by atoms with Crippen molar-refractivity contribution in [2.24, 2.45) is 46.3 Å². The van der Waals surface area contributed by atoms with E-state index in [4.69, 9.17) is 0 Å². The van der Waals surface area contributed by atoms with E-state index < -0.39 is 0 Å². The maximum absolute atomic E-state index is 10.9. The SMILES string of the molecule is CC.CC.CC(CCC=O)C1CCCC2C3CCC4CCCCC4(C)C3CCC12C. The van der Waals surface area contributed by atoms with E-state index in [9.17, 15) is 4.79 Å². The smallest absolute Gasteiger partial charge is 0.120 e. The molecule has 0 N–H and O–H groups in total. The predicted molar refractivity (Wildman–Crippen MR) is 132 cm³/mol. The summed E-state index contributed by atoms with van der Waals surface area (Å²) < 4.78 is 0. The van der Waals surface area contributed by atoms with Crippen molar-refractivity contribution in [1.29, 1.82) is 0 Å². The van der Waals surface area contributed by atoms with Crippen LogP contribution in [0.2, 0.25) is 0 Å². The van der Waals surface area contributed by atoms with Crippen LogP contribution >= 0.6 is 0 Å². The van der Waals surface area contributed by atoms with Crippen LogP contribution in [0.5, 0.6) is 0 Å². The van der Waals surface area contributed by atoms with Crippen molar-refractivity contribution in [1.82, 2.24) is 0 Å². The molecule has 0 aromatic carbocycles. The molecule has 4 aliphatic carbocycles. The van der Waals surface area contributed by atoms with E-state index in [-0.39, 0.29) is 0 Å². The van der Waals surface area contributed by atoms with Crippen LogP contribution in [0.25, 0.3) is 0 Å². The van der Waals surface area contributed by atoms with Crippen LogP contribution in [0.4, 0.5) is 0 Å². The number of carbonyl (C=O) groups excluding carboxylic acids is 1. The summed E-state index contributed by atoms with van der Waals surface area (Å²) in [6.45, 7) is 15.8. The average molecular weight is 419 g/mol. The Kier molecular flexibility index (Phi) is 9.95. The molecule has 4 fully saturated rings. The molecule has 0 amide bonds. The number of aldehydes is 1. The quantitative estimate of drug-likeness (QED) is 0.416. The highest BCUT2D eigenvalue weighted by Crippen LogP contribution is 2.67. The van der Waals surface area contributed by atoms with Crippen LogP contribution in [-0.2, 0) is 4.79 Å². The minimum absolute atomic E-state index is 0.555. The van der Waals surface area contributed by atoms with Crippen LogP contribution in [0.1, 0.15) is 132 Å². The van der Waals surface area contributed by atoms with E-state index in [1.54, 1.807) is 0 Å². The van der Waals surface area contributed by atoms with Gasteiger partial charge in [-0.15, -0.1) is 0 Å². The fourth-order valence-electron chi connectivity index (χ4n) is 9.00. The van der Waals surface area contributed by atoms with Gasteiger partial charge < -0.3 is 4.79 Å². The maximum Gasteiger partial charge on any atom is 0.120 e. The molecule has 8 unspecified atom stereocenters. The molecular formula is C29H54O. The Morgan fingerprint density at radius 3 is 2.20 bits per heavy atom. The van der Waals surface area contributed by atoms with E-state index in [0.717, 1.165) is 54.6 Å². The van der Waals surface area contributed by atoms with E-state index >= 15 is 0 Å². The summed E-state index contributed by atoms with van der Waals surface area (Å²) >= 11 is 0. The van der Waals surface area contributed by atoms with Gasteiger partial charge in [-0.2, -0.15) is 0 Å². The van der Waals surface area contributed by atoms with Crippen molar-refractivity contribution < 1.29 is 4.79 Å². The number of rotatable bonds is 4. The zero-order valence-corrected chi connectivity index (χ0v) is 21.6. The predicted octanol–water partition coefficient (Wildman–Crippen LogP) is 9.09. The van der Waals surface area contributed by atoms with Crippen LogP contribution in [-0.4, -0.2) is 6.29 Å². The summed E-state index contributed by atoms with van der Waals surface area (Å²) in [6.07, 6.45) is 19.4. The molecule has 0 aromatic heterocycles. The average Bonchev–Trinajstić information content (AvgIpc) is 2.78. The van der Waals surface area contributed by atoms with Crippen molar-refractivity contribution in [3.8, 4) is 0 Å². The molecule has 8 atom stereocenters. The molecule has 4 aliphatic rings. The fourth-order valence-corrected chi connectivity index (χ4v) is 9.00. The fraction of sp³-hybridized carbons (Fsp3) is 0.966. The maximum atomic E-state index is 10.9. The first-order valence-corrected chi connectivity index (χ1v) is 13.9. The van der Waals surface area contributed by atoms with Gasteiger partial charge in [0.25, 0.3) is 0 Å². The Hall–Kier alpha value is -0.330. The molecule has 0 aromatic rings. The third kappa shape index (κ3) is 4.71. The van der Waals surface area contributed by atoms with E-state index in [1.165, 1.54) is 70.6 Å². The molecule has 4 saturated carbocycles. The second-order valence-corrected chi connectivity index (χ2v) is 11.2. The minimum Gasteiger partial charge on any atom is -0.303 e. The zero-order chi connectivity index (χ0) is 22.4. The lowest BCUT2D eigenvalue weighted by molar-refractivity contribution is -0.148. The van der Waals surface area contributed by atoms with Crippen LogP contribution < -0.4 is 0 Å². The molecule has 0 bridgehead atoms. The Balaban J connectivity index is 0.000000757. The van der Waals surface area contributed by atoms with E-state index in [2.05, 4.69) is 20.8 Å². The van der Waals surface area contributed by atoms with Gasteiger partial charge in [-0.05, 0) is 104 Å². The number of hydrogen-bond acceptors (Lipinski definition) is 1. The summed E-state index contributed by atoms with van der Waals surface area (Å²) in [5, 5.41) is 0. The highest BCUT2D eigenvalue weighted by atomic mass is 16.1. The standard InChI is InChI=1S/C25H42O.2C2H6/c1-18(8-7-17-26)21-10-6-11-22-20-13-12-19-9-4-5-15-24(19,2)23(20)14-16-25(21,22)3;2*1-2/h17-23H,4-16H2,1-3H3;2*1-2H3. The summed E-state index contributed by atoms with van der Waals surface area (Å²) in [5.41, 5.74) is 1.22. The second-order valence-electron chi connectivity index (χ2n) is 11.2. The molecule has 0 aliphatic heterocycles. The molecule has 0 radical (unpaired) electrons. The highest BCUT2D eigenvalue weighted by Gasteiger charge is 2.58. The van der Waals surface area contributed by atoms with Crippen molar-refractivity contribution in [3.05, 3.63) is 0 Å². The van der Waals surface area contributed by atoms with Gasteiger partial charge in [0.15, 0.2) is 0 Å². The van der Waals surface area contributed by atoms with Gasteiger partial charge in [0.1, 0.15) is 6.29 Å².